The Morgan fingerprint density at radius 2 is 1.96 bits per heavy atom. The number of allylic oxidation sites excluding steroid dienone is 1. The summed E-state index contributed by atoms with van der Waals surface area (Å²) in [5.74, 6) is 1.93. The van der Waals surface area contributed by atoms with Crippen molar-refractivity contribution in [3.05, 3.63) is 82.8 Å². The number of fused-ring (bicyclic) bond motifs is 1. The molecule has 0 saturated heterocycles. The molecule has 0 aliphatic carbocycles. The molecule has 0 fully saturated rings. The summed E-state index contributed by atoms with van der Waals surface area (Å²) in [5.41, 5.74) is 3.31. The van der Waals surface area contributed by atoms with Crippen LogP contribution in [0.15, 0.2) is 70.2 Å². The molecule has 2 aromatic heterocycles. The van der Waals surface area contributed by atoms with Crippen molar-refractivity contribution < 1.29 is 4.42 Å². The van der Waals surface area contributed by atoms with Crippen LogP contribution in [-0.4, -0.2) is 9.97 Å². The predicted octanol–water partition coefficient (Wildman–Crippen LogP) is 6.17. The lowest BCUT2D eigenvalue weighted by Crippen LogP contribution is -1.84. The molecule has 0 saturated carbocycles. The van der Waals surface area contributed by atoms with Gasteiger partial charge in [-0.25, -0.2) is 4.98 Å². The fraction of sp³-hybridized carbons (Fsp3) is 0.0476. The zero-order valence-corrected chi connectivity index (χ0v) is 15.7. The molecule has 0 unspecified atom stereocenters. The second kappa shape index (κ2) is 7.75. The lowest BCUT2D eigenvalue weighted by atomic mass is 10.2. The highest BCUT2D eigenvalue weighted by atomic mass is 35.5. The molecule has 0 radical (unpaired) electrons. The highest BCUT2D eigenvalue weighted by Crippen LogP contribution is 2.27. The van der Waals surface area contributed by atoms with Gasteiger partial charge in [0, 0.05) is 16.9 Å². The van der Waals surface area contributed by atoms with Gasteiger partial charge in [-0.3, -0.25) is 0 Å². The number of nitriles is 1. The van der Waals surface area contributed by atoms with Gasteiger partial charge in [0.1, 0.15) is 17.7 Å². The first kappa shape index (κ1) is 17.5. The van der Waals surface area contributed by atoms with Gasteiger partial charge in [-0.15, -0.1) is 0 Å². The number of rotatable bonds is 5. The molecule has 2 aromatic carbocycles. The maximum Gasteiger partial charge on any atom is 0.161 e. The number of hydrogen-bond donors (Lipinski definition) is 1. The van der Waals surface area contributed by atoms with Crippen LogP contribution in [0.25, 0.3) is 22.7 Å². The number of halogens is 1. The average molecular weight is 392 g/mol. The fourth-order valence-corrected chi connectivity index (χ4v) is 3.55. The molecule has 0 spiro atoms. The van der Waals surface area contributed by atoms with Gasteiger partial charge in [0.15, 0.2) is 5.09 Å². The zero-order chi connectivity index (χ0) is 18.6. The molecule has 0 aliphatic rings. The number of aromatic nitrogens is 2. The van der Waals surface area contributed by atoms with E-state index in [1.165, 1.54) is 0 Å². The van der Waals surface area contributed by atoms with Gasteiger partial charge >= 0.3 is 0 Å². The number of furan rings is 1. The van der Waals surface area contributed by atoms with Crippen molar-refractivity contribution in [1.82, 2.24) is 9.97 Å². The van der Waals surface area contributed by atoms with Crippen molar-refractivity contribution >= 4 is 46.0 Å². The SMILES string of the molecule is N#C/C(=C\c1ccc(SCc2ccc(Cl)cc2)o1)c1nc2ccccc2[nH]1. The molecule has 4 nitrogen and oxygen atoms in total. The number of benzene rings is 2. The molecule has 1 N–H and O–H groups in total. The molecule has 4 rings (SSSR count). The van der Waals surface area contributed by atoms with E-state index in [2.05, 4.69) is 16.0 Å². The molecule has 2 heterocycles. The van der Waals surface area contributed by atoms with Crippen LogP contribution in [0.3, 0.4) is 0 Å². The van der Waals surface area contributed by atoms with E-state index >= 15 is 0 Å². The van der Waals surface area contributed by atoms with Crippen LogP contribution in [0.2, 0.25) is 5.02 Å². The molecule has 132 valence electrons. The normalized spacial score (nSPS) is 11.6. The van der Waals surface area contributed by atoms with Crippen LogP contribution in [-0.2, 0) is 5.75 Å². The first-order chi connectivity index (χ1) is 13.2. The Hall–Kier alpha value is -2.94. The zero-order valence-electron chi connectivity index (χ0n) is 14.1. The molecule has 27 heavy (non-hydrogen) atoms. The topological polar surface area (TPSA) is 65.6 Å². The number of para-hydroxylation sites is 2. The van der Waals surface area contributed by atoms with Crippen molar-refractivity contribution in [3.8, 4) is 6.07 Å². The first-order valence-electron chi connectivity index (χ1n) is 8.25. The Morgan fingerprint density at radius 3 is 2.74 bits per heavy atom. The molecule has 0 aliphatic heterocycles. The second-order valence-corrected chi connectivity index (χ2v) is 7.26. The fourth-order valence-electron chi connectivity index (χ4n) is 2.60. The summed E-state index contributed by atoms with van der Waals surface area (Å²) in [6.45, 7) is 0. The first-order valence-corrected chi connectivity index (χ1v) is 9.61. The van der Waals surface area contributed by atoms with Crippen LogP contribution in [0.1, 0.15) is 17.1 Å². The van der Waals surface area contributed by atoms with E-state index in [9.17, 15) is 5.26 Å². The Bertz CT molecular complexity index is 1120. The highest BCUT2D eigenvalue weighted by molar-refractivity contribution is 7.98. The van der Waals surface area contributed by atoms with Crippen LogP contribution in [0.5, 0.6) is 0 Å². The van der Waals surface area contributed by atoms with Gasteiger partial charge in [0.2, 0.25) is 0 Å². The van der Waals surface area contributed by atoms with Gasteiger partial charge in [-0.1, -0.05) is 47.6 Å². The number of H-pyrrole nitrogens is 1. The number of thioether (sulfide) groups is 1. The molecule has 4 aromatic rings. The minimum Gasteiger partial charge on any atom is -0.450 e. The number of nitrogens with one attached hydrogen (secondary N) is 1. The summed E-state index contributed by atoms with van der Waals surface area (Å²) in [6.07, 6.45) is 1.70. The van der Waals surface area contributed by atoms with Crippen LogP contribution >= 0.6 is 23.4 Å². The maximum atomic E-state index is 9.51. The monoisotopic (exact) mass is 391 g/mol. The molecular formula is C21H14ClN3OS. The van der Waals surface area contributed by atoms with Crippen molar-refractivity contribution in [3.63, 3.8) is 0 Å². The molecule has 0 atom stereocenters. The van der Waals surface area contributed by atoms with Crippen LogP contribution in [0.4, 0.5) is 0 Å². The maximum absolute atomic E-state index is 9.51. The molecule has 0 amide bonds. The third-order valence-electron chi connectivity index (χ3n) is 3.95. The van der Waals surface area contributed by atoms with E-state index in [0.29, 0.717) is 17.2 Å². The largest absolute Gasteiger partial charge is 0.450 e. The Kier molecular flexibility index (Phi) is 5.01. The van der Waals surface area contributed by atoms with E-state index in [1.807, 2.05) is 60.7 Å². The second-order valence-electron chi connectivity index (χ2n) is 5.84. The molecule has 0 bridgehead atoms. The predicted molar refractivity (Wildman–Crippen MR) is 109 cm³/mol. The highest BCUT2D eigenvalue weighted by Gasteiger charge is 2.09. The summed E-state index contributed by atoms with van der Waals surface area (Å²) in [7, 11) is 0. The summed E-state index contributed by atoms with van der Waals surface area (Å²) in [6, 6.07) is 21.4. The van der Waals surface area contributed by atoms with Crippen molar-refractivity contribution in [2.24, 2.45) is 0 Å². The Labute approximate surface area is 165 Å². The van der Waals surface area contributed by atoms with Crippen LogP contribution in [0, 0.1) is 11.3 Å². The molecule has 6 heteroatoms. The summed E-state index contributed by atoms with van der Waals surface area (Å²) >= 11 is 7.49. The number of hydrogen-bond acceptors (Lipinski definition) is 4. The number of aromatic amines is 1. The number of imidazole rings is 1. The average Bonchev–Trinajstić information content (AvgIpc) is 3.32. The smallest absolute Gasteiger partial charge is 0.161 e. The van der Waals surface area contributed by atoms with E-state index in [-0.39, 0.29) is 0 Å². The third kappa shape index (κ3) is 4.08. The Balaban J connectivity index is 1.51. The third-order valence-corrected chi connectivity index (χ3v) is 5.18. The van der Waals surface area contributed by atoms with Gasteiger partial charge in [-0.2, -0.15) is 5.26 Å². The summed E-state index contributed by atoms with van der Waals surface area (Å²) in [5, 5.41) is 11.0. The Morgan fingerprint density at radius 1 is 1.15 bits per heavy atom. The minimum absolute atomic E-state index is 0.426. The van der Waals surface area contributed by atoms with Crippen molar-refractivity contribution in [2.45, 2.75) is 10.8 Å². The molecular weight excluding hydrogens is 378 g/mol. The lowest BCUT2D eigenvalue weighted by molar-refractivity contribution is 0.466. The van der Waals surface area contributed by atoms with Crippen LogP contribution < -0.4 is 0 Å². The summed E-state index contributed by atoms with van der Waals surface area (Å²) < 4.78 is 5.82. The van der Waals surface area contributed by atoms with E-state index in [1.54, 1.807) is 17.8 Å². The van der Waals surface area contributed by atoms with E-state index in [4.69, 9.17) is 16.0 Å². The standard InChI is InChI=1S/C21H14ClN3OS/c22-16-7-5-14(6-8-16)13-27-20-10-9-17(26-20)11-15(12-23)21-24-18-3-1-2-4-19(18)25-21/h1-11H,13H2,(H,24,25)/b15-11+. The van der Waals surface area contributed by atoms with E-state index in [0.717, 1.165) is 32.5 Å². The quantitative estimate of drug-likeness (QED) is 0.326. The van der Waals surface area contributed by atoms with Gasteiger partial charge in [0.05, 0.1) is 16.6 Å². The minimum atomic E-state index is 0.426. The lowest BCUT2D eigenvalue weighted by Gasteiger charge is -1.99. The number of nitrogens with zero attached hydrogens (tertiary/aromatic N) is 2. The summed E-state index contributed by atoms with van der Waals surface area (Å²) in [4.78, 5) is 7.63. The van der Waals surface area contributed by atoms with Crippen molar-refractivity contribution in [1.29, 1.82) is 5.26 Å². The van der Waals surface area contributed by atoms with Gasteiger partial charge in [0.25, 0.3) is 0 Å². The van der Waals surface area contributed by atoms with E-state index < -0.39 is 0 Å². The van der Waals surface area contributed by atoms with Gasteiger partial charge in [-0.05, 0) is 42.0 Å². The van der Waals surface area contributed by atoms with Crippen molar-refractivity contribution in [2.75, 3.05) is 0 Å². The van der Waals surface area contributed by atoms with Gasteiger partial charge < -0.3 is 9.40 Å².